The summed E-state index contributed by atoms with van der Waals surface area (Å²) in [6.07, 6.45) is 1.86. The van der Waals surface area contributed by atoms with Crippen LogP contribution in [0.5, 0.6) is 0 Å². The van der Waals surface area contributed by atoms with Crippen molar-refractivity contribution in [3.63, 3.8) is 0 Å². The van der Waals surface area contributed by atoms with E-state index in [0.29, 0.717) is 18.0 Å². The third-order valence-corrected chi connectivity index (χ3v) is 5.15. The van der Waals surface area contributed by atoms with Crippen molar-refractivity contribution in [2.75, 3.05) is 6.54 Å². The number of halogens is 2. The van der Waals surface area contributed by atoms with Crippen LogP contribution in [0.4, 0.5) is 4.39 Å². The number of thiazole rings is 1. The Morgan fingerprint density at radius 1 is 1.50 bits per heavy atom. The Morgan fingerprint density at radius 2 is 2.25 bits per heavy atom. The molecule has 0 N–H and O–H groups in total. The van der Waals surface area contributed by atoms with Crippen LogP contribution in [0.2, 0.25) is 0 Å². The molecule has 2 aromatic rings. The molecule has 1 aromatic heterocycles. The van der Waals surface area contributed by atoms with Crippen LogP contribution in [-0.4, -0.2) is 22.3 Å². The maximum absolute atomic E-state index is 14.0. The first-order valence-corrected chi connectivity index (χ1v) is 9.35. The average Bonchev–Trinajstić information content (AvgIpc) is 2.99. The van der Waals surface area contributed by atoms with Gasteiger partial charge in [0.25, 0.3) is 0 Å². The minimum atomic E-state index is -0.323. The van der Waals surface area contributed by atoms with E-state index in [4.69, 9.17) is 0 Å². The highest BCUT2D eigenvalue weighted by Crippen LogP contribution is 2.21. The van der Waals surface area contributed by atoms with Crippen molar-refractivity contribution in [3.8, 4) is 0 Å². The Balaban J connectivity index is 2.12. The summed E-state index contributed by atoms with van der Waals surface area (Å²) >= 11 is 4.90. The predicted octanol–water partition coefficient (Wildman–Crippen LogP) is 4.93. The molecule has 1 heterocycles. The van der Waals surface area contributed by atoms with Gasteiger partial charge in [0.1, 0.15) is 5.82 Å². The number of carbonyl (C=O) groups is 1. The molecular formula is C18H20BrFN2OS. The molecule has 0 fully saturated rings. The molecule has 128 valence electrons. The van der Waals surface area contributed by atoms with Crippen molar-refractivity contribution in [2.45, 2.75) is 32.7 Å². The molecule has 24 heavy (non-hydrogen) atoms. The molecule has 0 atom stereocenters. The van der Waals surface area contributed by atoms with Gasteiger partial charge in [0.2, 0.25) is 5.91 Å². The van der Waals surface area contributed by atoms with Crippen LogP contribution in [0.3, 0.4) is 0 Å². The van der Waals surface area contributed by atoms with E-state index in [1.165, 1.54) is 6.07 Å². The van der Waals surface area contributed by atoms with Gasteiger partial charge in [0, 0.05) is 34.4 Å². The summed E-state index contributed by atoms with van der Waals surface area (Å²) in [5.74, 6) is -0.0652. The fourth-order valence-corrected chi connectivity index (χ4v) is 3.46. The zero-order valence-electron chi connectivity index (χ0n) is 13.8. The molecule has 0 unspecified atom stereocenters. The quantitative estimate of drug-likeness (QED) is 0.606. The van der Waals surface area contributed by atoms with Crippen LogP contribution in [-0.2, 0) is 17.8 Å². The van der Waals surface area contributed by atoms with Crippen LogP contribution < -0.4 is 0 Å². The molecule has 3 nitrogen and oxygen atoms in total. The van der Waals surface area contributed by atoms with Gasteiger partial charge in [-0.3, -0.25) is 4.79 Å². The first kappa shape index (κ1) is 18.8. The molecule has 1 amide bonds. The SMILES string of the molecule is C=CCN(Cc1cc(Br)ccc1F)C(=O)Cc1csc(C(C)C)n1. The highest BCUT2D eigenvalue weighted by atomic mass is 79.9. The van der Waals surface area contributed by atoms with Gasteiger partial charge in [-0.2, -0.15) is 0 Å². The van der Waals surface area contributed by atoms with Gasteiger partial charge < -0.3 is 4.90 Å². The standard InChI is InChI=1S/C18H20BrFN2OS/c1-4-7-22(10-13-8-14(19)5-6-16(13)20)17(23)9-15-11-24-18(21-15)12(2)3/h4-6,8,11-12H,1,7,9-10H2,2-3H3. The van der Waals surface area contributed by atoms with Gasteiger partial charge in [-0.15, -0.1) is 17.9 Å². The molecule has 0 aliphatic rings. The summed E-state index contributed by atoms with van der Waals surface area (Å²) in [5.41, 5.74) is 1.23. The maximum Gasteiger partial charge on any atom is 0.229 e. The second-order valence-electron chi connectivity index (χ2n) is 5.81. The third kappa shape index (κ3) is 4.98. The van der Waals surface area contributed by atoms with Crippen LogP contribution in [0, 0.1) is 5.82 Å². The topological polar surface area (TPSA) is 33.2 Å². The van der Waals surface area contributed by atoms with Gasteiger partial charge >= 0.3 is 0 Å². The molecule has 0 saturated carbocycles. The summed E-state index contributed by atoms with van der Waals surface area (Å²) in [5, 5.41) is 2.94. The molecule has 0 aliphatic heterocycles. The Bertz CT molecular complexity index is 730. The zero-order valence-corrected chi connectivity index (χ0v) is 16.2. The largest absolute Gasteiger partial charge is 0.334 e. The van der Waals surface area contributed by atoms with Crippen LogP contribution in [0.15, 0.2) is 40.7 Å². The molecule has 2 rings (SSSR count). The molecule has 0 aliphatic carbocycles. The molecule has 1 aromatic carbocycles. The van der Waals surface area contributed by atoms with Crippen molar-refractivity contribution in [1.82, 2.24) is 9.88 Å². The lowest BCUT2D eigenvalue weighted by Gasteiger charge is -2.21. The number of benzene rings is 1. The van der Waals surface area contributed by atoms with Crippen molar-refractivity contribution in [3.05, 3.63) is 62.8 Å². The highest BCUT2D eigenvalue weighted by Gasteiger charge is 2.17. The van der Waals surface area contributed by atoms with Crippen molar-refractivity contribution >= 4 is 33.2 Å². The van der Waals surface area contributed by atoms with E-state index < -0.39 is 0 Å². The predicted molar refractivity (Wildman–Crippen MR) is 99.6 cm³/mol. The molecule has 0 saturated heterocycles. The number of hydrogen-bond donors (Lipinski definition) is 0. The summed E-state index contributed by atoms with van der Waals surface area (Å²) < 4.78 is 14.7. The number of amides is 1. The number of carbonyl (C=O) groups excluding carboxylic acids is 1. The maximum atomic E-state index is 14.0. The second kappa shape index (κ2) is 8.53. The van der Waals surface area contributed by atoms with Gasteiger partial charge in [0.15, 0.2) is 0 Å². The van der Waals surface area contributed by atoms with E-state index in [1.807, 2.05) is 5.38 Å². The molecule has 6 heteroatoms. The number of aromatic nitrogens is 1. The van der Waals surface area contributed by atoms with Gasteiger partial charge in [-0.05, 0) is 18.2 Å². The van der Waals surface area contributed by atoms with Crippen LogP contribution in [0.25, 0.3) is 0 Å². The first-order chi connectivity index (χ1) is 11.4. The Kier molecular flexibility index (Phi) is 6.69. The van der Waals surface area contributed by atoms with Crippen molar-refractivity contribution in [1.29, 1.82) is 0 Å². The first-order valence-electron chi connectivity index (χ1n) is 7.67. The lowest BCUT2D eigenvalue weighted by molar-refractivity contribution is -0.130. The fourth-order valence-electron chi connectivity index (χ4n) is 2.22. The van der Waals surface area contributed by atoms with Gasteiger partial charge in [-0.25, -0.2) is 9.37 Å². The Labute approximate surface area is 154 Å². The summed E-state index contributed by atoms with van der Waals surface area (Å²) in [6.45, 7) is 8.41. The van der Waals surface area contributed by atoms with Gasteiger partial charge in [0.05, 0.1) is 17.1 Å². The van der Waals surface area contributed by atoms with Gasteiger partial charge in [-0.1, -0.05) is 35.9 Å². The van der Waals surface area contributed by atoms with Crippen LogP contribution in [0.1, 0.15) is 36.0 Å². The van der Waals surface area contributed by atoms with E-state index in [1.54, 1.807) is 34.4 Å². The lowest BCUT2D eigenvalue weighted by atomic mass is 10.2. The number of rotatable bonds is 7. The van der Waals surface area contributed by atoms with E-state index in [9.17, 15) is 9.18 Å². The molecule has 0 radical (unpaired) electrons. The summed E-state index contributed by atoms with van der Waals surface area (Å²) in [4.78, 5) is 18.7. The average molecular weight is 411 g/mol. The van der Waals surface area contributed by atoms with Crippen LogP contribution >= 0.6 is 27.3 Å². The number of nitrogens with zero attached hydrogens (tertiary/aromatic N) is 2. The number of hydrogen-bond acceptors (Lipinski definition) is 3. The monoisotopic (exact) mass is 410 g/mol. The molecule has 0 spiro atoms. The van der Waals surface area contributed by atoms with E-state index >= 15 is 0 Å². The second-order valence-corrected chi connectivity index (χ2v) is 7.61. The third-order valence-electron chi connectivity index (χ3n) is 3.47. The van der Waals surface area contributed by atoms with E-state index in [0.717, 1.165) is 15.2 Å². The summed E-state index contributed by atoms with van der Waals surface area (Å²) in [6, 6.07) is 4.73. The highest BCUT2D eigenvalue weighted by molar-refractivity contribution is 9.10. The van der Waals surface area contributed by atoms with Crippen molar-refractivity contribution in [2.24, 2.45) is 0 Å². The minimum absolute atomic E-state index is 0.0881. The Hall–Kier alpha value is -1.53. The lowest BCUT2D eigenvalue weighted by Crippen LogP contribution is -2.32. The smallest absolute Gasteiger partial charge is 0.229 e. The molecular weight excluding hydrogens is 391 g/mol. The van der Waals surface area contributed by atoms with Crippen molar-refractivity contribution < 1.29 is 9.18 Å². The Morgan fingerprint density at radius 3 is 2.88 bits per heavy atom. The van der Waals surface area contributed by atoms with E-state index in [2.05, 4.69) is 41.3 Å². The summed E-state index contributed by atoms with van der Waals surface area (Å²) in [7, 11) is 0. The molecule has 0 bridgehead atoms. The minimum Gasteiger partial charge on any atom is -0.334 e. The zero-order chi connectivity index (χ0) is 17.7. The fraction of sp³-hybridized carbons (Fsp3) is 0.333. The van der Waals surface area contributed by atoms with E-state index in [-0.39, 0.29) is 24.7 Å². The normalized spacial score (nSPS) is 10.9.